The quantitative estimate of drug-likeness (QED) is 0.373. The third-order valence-electron chi connectivity index (χ3n) is 4.77. The van der Waals surface area contributed by atoms with E-state index in [1.165, 1.54) is 30.6 Å². The van der Waals surface area contributed by atoms with E-state index in [1.807, 2.05) is 37.3 Å². The van der Waals surface area contributed by atoms with Gasteiger partial charge in [0.25, 0.3) is 5.91 Å². The van der Waals surface area contributed by atoms with Gasteiger partial charge in [0.15, 0.2) is 6.61 Å². The number of aryl methyl sites for hydroxylation is 1. The summed E-state index contributed by atoms with van der Waals surface area (Å²) in [6.45, 7) is 3.10. The van der Waals surface area contributed by atoms with Crippen molar-refractivity contribution in [2.75, 3.05) is 25.6 Å². The molecule has 1 amide bonds. The number of esters is 3. The number of anilines is 1. The Balaban J connectivity index is 1.80. The molecule has 0 saturated carbocycles. The summed E-state index contributed by atoms with van der Waals surface area (Å²) >= 11 is 1.22. The van der Waals surface area contributed by atoms with Gasteiger partial charge in [0, 0.05) is 10.4 Å². The maximum atomic E-state index is 12.7. The van der Waals surface area contributed by atoms with Crippen LogP contribution in [0.1, 0.15) is 42.9 Å². The van der Waals surface area contributed by atoms with E-state index < -0.39 is 30.4 Å². The molecular weight excluding hydrogens is 458 g/mol. The molecule has 0 radical (unpaired) electrons. The monoisotopic (exact) mass is 481 g/mol. The average Bonchev–Trinajstić information content (AvgIpc) is 3.18. The van der Waals surface area contributed by atoms with Crippen molar-refractivity contribution < 1.29 is 33.4 Å². The van der Waals surface area contributed by atoms with Crippen LogP contribution >= 0.6 is 11.3 Å². The van der Waals surface area contributed by atoms with E-state index in [2.05, 4.69) is 10.1 Å². The minimum Gasteiger partial charge on any atom is -0.465 e. The third-order valence-corrected chi connectivity index (χ3v) is 5.79. The van der Waals surface area contributed by atoms with E-state index in [0.717, 1.165) is 10.4 Å². The molecule has 9 heteroatoms. The fourth-order valence-electron chi connectivity index (χ4n) is 3.30. The highest BCUT2D eigenvalue weighted by molar-refractivity contribution is 7.17. The second-order valence-corrected chi connectivity index (χ2v) is 8.21. The Labute approximate surface area is 200 Å². The number of benzene rings is 2. The van der Waals surface area contributed by atoms with E-state index in [9.17, 15) is 19.2 Å². The molecule has 0 unspecified atom stereocenters. The number of hydrogen-bond donors (Lipinski definition) is 1. The molecule has 0 saturated heterocycles. The van der Waals surface area contributed by atoms with Gasteiger partial charge in [-0.25, -0.2) is 14.4 Å². The summed E-state index contributed by atoms with van der Waals surface area (Å²) < 4.78 is 15.0. The fourth-order valence-corrected chi connectivity index (χ4v) is 4.38. The van der Waals surface area contributed by atoms with Gasteiger partial charge in [0.05, 0.1) is 24.8 Å². The van der Waals surface area contributed by atoms with Crippen LogP contribution in [-0.4, -0.2) is 44.1 Å². The molecule has 0 fully saturated rings. The summed E-state index contributed by atoms with van der Waals surface area (Å²) in [5.41, 5.74) is 1.73. The van der Waals surface area contributed by atoms with Gasteiger partial charge in [-0.05, 0) is 31.5 Å². The van der Waals surface area contributed by atoms with Crippen molar-refractivity contribution in [2.24, 2.45) is 0 Å². The number of amides is 1. The van der Waals surface area contributed by atoms with Gasteiger partial charge in [-0.15, -0.1) is 11.3 Å². The van der Waals surface area contributed by atoms with Crippen molar-refractivity contribution >= 4 is 40.2 Å². The third kappa shape index (κ3) is 5.49. The van der Waals surface area contributed by atoms with Crippen LogP contribution in [0.4, 0.5) is 5.00 Å². The number of rotatable bonds is 8. The number of carbonyl (C=O) groups excluding carboxylic acids is 4. The van der Waals surface area contributed by atoms with E-state index in [1.54, 1.807) is 19.1 Å². The largest absolute Gasteiger partial charge is 0.465 e. The van der Waals surface area contributed by atoms with Crippen LogP contribution < -0.4 is 5.32 Å². The predicted octanol–water partition coefficient (Wildman–Crippen LogP) is 4.48. The van der Waals surface area contributed by atoms with Gasteiger partial charge in [-0.1, -0.05) is 42.5 Å². The summed E-state index contributed by atoms with van der Waals surface area (Å²) in [5, 5.41) is 2.94. The number of nitrogens with one attached hydrogen (secondary N) is 1. The molecule has 1 N–H and O–H groups in total. The van der Waals surface area contributed by atoms with Crippen molar-refractivity contribution in [3.05, 3.63) is 76.2 Å². The predicted molar refractivity (Wildman–Crippen MR) is 127 cm³/mol. The van der Waals surface area contributed by atoms with E-state index >= 15 is 0 Å². The van der Waals surface area contributed by atoms with Crippen LogP contribution in [0.5, 0.6) is 0 Å². The average molecular weight is 482 g/mol. The molecule has 0 aliphatic carbocycles. The molecule has 34 heavy (non-hydrogen) atoms. The lowest BCUT2D eigenvalue weighted by molar-refractivity contribution is -0.119. The number of methoxy groups -OCH3 is 1. The molecule has 1 aromatic heterocycles. The number of hydrogen-bond acceptors (Lipinski definition) is 8. The van der Waals surface area contributed by atoms with Crippen molar-refractivity contribution in [3.63, 3.8) is 0 Å². The van der Waals surface area contributed by atoms with Crippen LogP contribution in [0.15, 0.2) is 54.6 Å². The summed E-state index contributed by atoms with van der Waals surface area (Å²) in [7, 11) is 1.20. The maximum absolute atomic E-state index is 12.7. The second-order valence-electron chi connectivity index (χ2n) is 6.99. The number of carbonyl (C=O) groups is 4. The van der Waals surface area contributed by atoms with Crippen LogP contribution in [0.2, 0.25) is 0 Å². The van der Waals surface area contributed by atoms with Crippen LogP contribution in [-0.2, 0) is 19.0 Å². The van der Waals surface area contributed by atoms with E-state index in [0.29, 0.717) is 10.6 Å². The zero-order valence-electron chi connectivity index (χ0n) is 18.9. The Morgan fingerprint density at radius 3 is 2.09 bits per heavy atom. The molecule has 3 rings (SSSR count). The van der Waals surface area contributed by atoms with Gasteiger partial charge in [0.1, 0.15) is 10.6 Å². The molecule has 0 aliphatic rings. The van der Waals surface area contributed by atoms with Crippen molar-refractivity contribution in [2.45, 2.75) is 13.8 Å². The first kappa shape index (κ1) is 24.7. The Bertz CT molecular complexity index is 1220. The topological polar surface area (TPSA) is 108 Å². The normalized spacial score (nSPS) is 10.3. The minimum absolute atomic E-state index is 0.0207. The standard InChI is InChI=1S/C25H23NO7S/c1-4-32-25(30)21-20(16-10-6-5-7-11-16)15(2)34-22(21)26-19(27)14-33-24(29)18-13-9-8-12-17(18)23(28)31-3/h5-13H,4,14H2,1-3H3,(H,26,27). The molecule has 0 aliphatic heterocycles. The van der Waals surface area contributed by atoms with Gasteiger partial charge in [-0.2, -0.15) is 0 Å². The summed E-state index contributed by atoms with van der Waals surface area (Å²) in [6.07, 6.45) is 0. The highest BCUT2D eigenvalue weighted by Crippen LogP contribution is 2.40. The Morgan fingerprint density at radius 1 is 0.853 bits per heavy atom. The summed E-state index contributed by atoms with van der Waals surface area (Å²) in [4.78, 5) is 50.5. The first-order valence-corrected chi connectivity index (χ1v) is 11.2. The second kappa shape index (κ2) is 11.2. The van der Waals surface area contributed by atoms with Gasteiger partial charge < -0.3 is 19.5 Å². The molecule has 8 nitrogen and oxygen atoms in total. The molecule has 1 heterocycles. The van der Waals surface area contributed by atoms with Crippen LogP contribution in [0.3, 0.4) is 0 Å². The van der Waals surface area contributed by atoms with Crippen molar-refractivity contribution in [1.82, 2.24) is 0 Å². The Kier molecular flexibility index (Phi) is 8.15. The van der Waals surface area contributed by atoms with Crippen molar-refractivity contribution in [1.29, 1.82) is 0 Å². The van der Waals surface area contributed by atoms with Crippen LogP contribution in [0, 0.1) is 6.92 Å². The lowest BCUT2D eigenvalue weighted by Gasteiger charge is -2.10. The lowest BCUT2D eigenvalue weighted by atomic mass is 10.0. The maximum Gasteiger partial charge on any atom is 0.341 e. The molecule has 176 valence electrons. The van der Waals surface area contributed by atoms with Gasteiger partial charge in [-0.3, -0.25) is 4.79 Å². The van der Waals surface area contributed by atoms with E-state index in [-0.39, 0.29) is 23.3 Å². The summed E-state index contributed by atoms with van der Waals surface area (Å²) in [6, 6.07) is 15.3. The number of thiophene rings is 1. The van der Waals surface area contributed by atoms with Crippen molar-refractivity contribution in [3.8, 4) is 11.1 Å². The van der Waals surface area contributed by atoms with Gasteiger partial charge >= 0.3 is 17.9 Å². The highest BCUT2D eigenvalue weighted by atomic mass is 32.1. The van der Waals surface area contributed by atoms with Crippen LogP contribution in [0.25, 0.3) is 11.1 Å². The molecule has 2 aromatic carbocycles. The Hall–Kier alpha value is -3.98. The highest BCUT2D eigenvalue weighted by Gasteiger charge is 2.26. The first-order chi connectivity index (χ1) is 16.4. The molecule has 0 spiro atoms. The molecule has 3 aromatic rings. The first-order valence-electron chi connectivity index (χ1n) is 10.4. The Morgan fingerprint density at radius 2 is 1.47 bits per heavy atom. The zero-order chi connectivity index (χ0) is 24.7. The van der Waals surface area contributed by atoms with Gasteiger partial charge in [0.2, 0.25) is 0 Å². The summed E-state index contributed by atoms with van der Waals surface area (Å²) in [5.74, 6) is -2.76. The van der Waals surface area contributed by atoms with E-state index in [4.69, 9.17) is 9.47 Å². The minimum atomic E-state index is -0.853. The SMILES string of the molecule is CCOC(=O)c1c(NC(=O)COC(=O)c2ccccc2C(=O)OC)sc(C)c1-c1ccccc1. The lowest BCUT2D eigenvalue weighted by Crippen LogP contribution is -2.22. The molecule has 0 atom stereocenters. The molecular formula is C25H23NO7S. The number of ether oxygens (including phenoxy) is 3. The smallest absolute Gasteiger partial charge is 0.341 e. The molecule has 0 bridgehead atoms. The zero-order valence-corrected chi connectivity index (χ0v) is 19.7. The fraction of sp³-hybridized carbons (Fsp3) is 0.200.